The van der Waals surface area contributed by atoms with Gasteiger partial charge in [0.1, 0.15) is 18.1 Å². The molecule has 0 bridgehead atoms. The maximum Gasteiger partial charge on any atom is 0.416 e. The highest BCUT2D eigenvalue weighted by molar-refractivity contribution is 7.99. The monoisotopic (exact) mass is 746 g/mol. The number of hydrogen-bond acceptors (Lipinski definition) is 9. The van der Waals surface area contributed by atoms with E-state index in [1.54, 1.807) is 53.1 Å². The Morgan fingerprint density at radius 2 is 1.74 bits per heavy atom. The first-order valence-corrected chi connectivity index (χ1v) is 17.9. The molecule has 2 aromatic heterocycles. The number of alkyl halides is 3. The average Bonchev–Trinajstić information content (AvgIpc) is 3.13. The van der Waals surface area contributed by atoms with Gasteiger partial charge in [0.05, 0.1) is 41.9 Å². The van der Waals surface area contributed by atoms with Crippen LogP contribution in [0.25, 0.3) is 5.69 Å². The van der Waals surface area contributed by atoms with E-state index < -0.39 is 11.7 Å². The van der Waals surface area contributed by atoms with Crippen LogP contribution in [0.3, 0.4) is 0 Å². The van der Waals surface area contributed by atoms with Crippen LogP contribution in [-0.2, 0) is 37.1 Å². The van der Waals surface area contributed by atoms with Crippen LogP contribution in [0.4, 0.5) is 13.2 Å². The van der Waals surface area contributed by atoms with Crippen LogP contribution in [0.15, 0.2) is 106 Å². The molecule has 2 aliphatic rings. The lowest BCUT2D eigenvalue weighted by Crippen LogP contribution is -2.44. The number of phenols is 1. The predicted octanol–water partition coefficient (Wildman–Crippen LogP) is 5.62. The third-order valence-electron chi connectivity index (χ3n) is 8.81. The molecule has 3 N–H and O–H groups in total. The van der Waals surface area contributed by atoms with Crippen LogP contribution in [0, 0.1) is 0 Å². The summed E-state index contributed by atoms with van der Waals surface area (Å²) in [6.45, 7) is 1.25. The van der Waals surface area contributed by atoms with Crippen LogP contribution < -0.4 is 21.2 Å². The van der Waals surface area contributed by atoms with Crippen molar-refractivity contribution in [2.24, 2.45) is 0 Å². The van der Waals surface area contributed by atoms with Crippen molar-refractivity contribution in [1.82, 2.24) is 29.7 Å². The molecule has 0 saturated heterocycles. The van der Waals surface area contributed by atoms with Crippen LogP contribution in [0.5, 0.6) is 11.5 Å². The number of phenolic OH excluding ortho intramolecular Hbond substituents is 1. The lowest BCUT2D eigenvalue weighted by atomic mass is 10.0. The van der Waals surface area contributed by atoms with Crippen molar-refractivity contribution in [3.8, 4) is 17.2 Å². The summed E-state index contributed by atoms with van der Waals surface area (Å²) < 4.78 is 45.5. The van der Waals surface area contributed by atoms with Crippen LogP contribution in [0.1, 0.15) is 47.2 Å². The largest absolute Gasteiger partial charge is 0.506 e. The molecule has 53 heavy (non-hydrogen) atoms. The molecular weight excluding hydrogens is 710 g/mol. The first-order valence-electron chi connectivity index (χ1n) is 17.0. The SMILES string of the molecule is O=C(CNCc1ccc(OCc2ccc(C(F)(F)F)cc2)cc1)N1CCc2nc(SC3CCC3)n(-c3ccccc3O)c(=O)c2C1.O=c1ccnc[nH]1. The van der Waals surface area contributed by atoms with E-state index in [1.165, 1.54) is 35.3 Å². The molecule has 1 aliphatic heterocycles. The number of ether oxygens (including phenoxy) is 1. The summed E-state index contributed by atoms with van der Waals surface area (Å²) in [6.07, 6.45) is 2.18. The van der Waals surface area contributed by atoms with E-state index >= 15 is 0 Å². The summed E-state index contributed by atoms with van der Waals surface area (Å²) in [5.74, 6) is 0.432. The molecule has 3 heterocycles. The van der Waals surface area contributed by atoms with Gasteiger partial charge in [-0.1, -0.05) is 54.6 Å². The average molecular weight is 747 g/mol. The van der Waals surface area contributed by atoms with Crippen LogP contribution in [-0.4, -0.2) is 53.8 Å². The number of aromatic nitrogens is 4. The number of nitrogens with one attached hydrogen (secondary N) is 2. The Bertz CT molecular complexity index is 2120. The molecule has 276 valence electrons. The first-order chi connectivity index (χ1) is 25.5. The number of amides is 1. The van der Waals surface area contributed by atoms with Gasteiger partial charge in [-0.3, -0.25) is 19.0 Å². The van der Waals surface area contributed by atoms with Crippen molar-refractivity contribution < 1.29 is 27.8 Å². The summed E-state index contributed by atoms with van der Waals surface area (Å²) in [5.41, 5.74) is 2.01. The number of aromatic amines is 1. The molecule has 5 aromatic rings. The lowest BCUT2D eigenvalue weighted by molar-refractivity contribution is -0.137. The number of benzene rings is 3. The van der Waals surface area contributed by atoms with Crippen molar-refractivity contribution >= 4 is 17.7 Å². The molecule has 0 atom stereocenters. The topological polar surface area (TPSA) is 142 Å². The summed E-state index contributed by atoms with van der Waals surface area (Å²) in [4.78, 5) is 49.6. The number of carbonyl (C=O) groups excluding carboxylic acids is 1. The van der Waals surface area contributed by atoms with Crippen LogP contribution in [0.2, 0.25) is 0 Å². The fraction of sp³-hybridized carbons (Fsp3) is 0.289. The number of rotatable bonds is 10. The second-order valence-corrected chi connectivity index (χ2v) is 13.8. The number of hydrogen-bond donors (Lipinski definition) is 3. The lowest BCUT2D eigenvalue weighted by Gasteiger charge is -2.30. The van der Waals surface area contributed by atoms with E-state index in [1.807, 2.05) is 12.1 Å². The number of aromatic hydroxyl groups is 1. The molecule has 11 nitrogen and oxygen atoms in total. The van der Waals surface area contributed by atoms with Gasteiger partial charge in [0.25, 0.3) is 11.1 Å². The van der Waals surface area contributed by atoms with E-state index in [-0.39, 0.29) is 42.5 Å². The van der Waals surface area contributed by atoms with Gasteiger partial charge in [-0.2, -0.15) is 13.2 Å². The summed E-state index contributed by atoms with van der Waals surface area (Å²) in [5, 5.41) is 14.7. The van der Waals surface area contributed by atoms with E-state index in [4.69, 9.17) is 9.72 Å². The van der Waals surface area contributed by atoms with E-state index in [0.29, 0.717) is 58.2 Å². The Morgan fingerprint density at radius 3 is 2.36 bits per heavy atom. The van der Waals surface area contributed by atoms with Gasteiger partial charge >= 0.3 is 6.18 Å². The van der Waals surface area contributed by atoms with Gasteiger partial charge < -0.3 is 25.0 Å². The highest BCUT2D eigenvalue weighted by Gasteiger charge is 2.31. The van der Waals surface area contributed by atoms with Crippen LogP contribution >= 0.6 is 11.8 Å². The molecule has 1 saturated carbocycles. The van der Waals surface area contributed by atoms with Crippen molar-refractivity contribution in [3.63, 3.8) is 0 Å². The molecule has 0 radical (unpaired) electrons. The van der Waals surface area contributed by atoms with Crippen molar-refractivity contribution in [2.75, 3.05) is 13.1 Å². The van der Waals surface area contributed by atoms with Crippen molar-refractivity contribution in [2.45, 2.75) is 62.0 Å². The van der Waals surface area contributed by atoms with E-state index in [2.05, 4.69) is 15.3 Å². The minimum absolute atomic E-state index is 0.00602. The maximum atomic E-state index is 13.8. The van der Waals surface area contributed by atoms with E-state index in [9.17, 15) is 32.7 Å². The minimum atomic E-state index is -4.37. The quantitative estimate of drug-likeness (QED) is 0.155. The minimum Gasteiger partial charge on any atom is -0.506 e. The van der Waals surface area contributed by atoms with Gasteiger partial charge in [-0.15, -0.1) is 0 Å². The first kappa shape index (κ1) is 37.4. The number of carbonyl (C=O) groups is 1. The standard InChI is InChI=1S/C34H33F3N4O4S.C4H4N2O/c35-34(36,37)24-12-8-23(9-13-24)21-45-25-14-10-22(11-15-25)18-38-19-31(43)40-17-16-28-27(20-40)32(44)41(29-6-1-2-7-30(29)42)33(39-28)46-26-4-3-5-26;7-4-1-2-5-3-6-4/h1-2,6-15,26,38,42H,3-5,16-21H2;1-3H,(H,5,6,7). The van der Waals surface area contributed by atoms with Gasteiger partial charge in [0, 0.05) is 37.0 Å². The summed E-state index contributed by atoms with van der Waals surface area (Å²) in [6, 6.07) is 20.2. The zero-order valence-electron chi connectivity index (χ0n) is 28.5. The Morgan fingerprint density at radius 1 is 1.00 bits per heavy atom. The number of H-pyrrole nitrogens is 1. The normalized spacial score (nSPS) is 14.1. The fourth-order valence-corrected chi connectivity index (χ4v) is 6.96. The summed E-state index contributed by atoms with van der Waals surface area (Å²) >= 11 is 1.58. The number of para-hydroxylation sites is 2. The second kappa shape index (κ2) is 16.9. The zero-order valence-corrected chi connectivity index (χ0v) is 29.3. The Labute approximate surface area is 306 Å². The molecule has 1 amide bonds. The molecule has 1 fully saturated rings. The molecule has 0 unspecified atom stereocenters. The number of halogens is 3. The van der Waals surface area contributed by atoms with Gasteiger partial charge in [0.15, 0.2) is 5.16 Å². The van der Waals surface area contributed by atoms with Gasteiger partial charge in [-0.05, 0) is 60.4 Å². The number of fused-ring (bicyclic) bond motifs is 1. The second-order valence-electron chi connectivity index (χ2n) is 12.5. The highest BCUT2D eigenvalue weighted by atomic mass is 32.2. The van der Waals surface area contributed by atoms with Gasteiger partial charge in [0.2, 0.25) is 5.91 Å². The highest BCUT2D eigenvalue weighted by Crippen LogP contribution is 2.37. The smallest absolute Gasteiger partial charge is 0.416 e. The van der Waals surface area contributed by atoms with Crippen molar-refractivity contribution in [1.29, 1.82) is 0 Å². The summed E-state index contributed by atoms with van der Waals surface area (Å²) in [7, 11) is 0. The Kier molecular flexibility index (Phi) is 11.9. The molecule has 1 aliphatic carbocycles. The molecular formula is C38H37F3N6O5S. The third-order valence-corrected chi connectivity index (χ3v) is 10.1. The molecule has 3 aromatic carbocycles. The number of nitrogens with zero attached hydrogens (tertiary/aromatic N) is 4. The molecule has 0 spiro atoms. The Balaban J connectivity index is 0.000000616. The van der Waals surface area contributed by atoms with Crippen molar-refractivity contribution in [3.05, 3.63) is 140 Å². The number of thioether (sulfide) groups is 1. The Hall–Kier alpha value is -5.41. The fourth-order valence-electron chi connectivity index (χ4n) is 5.64. The predicted molar refractivity (Wildman–Crippen MR) is 193 cm³/mol. The third kappa shape index (κ3) is 9.73. The molecule has 15 heteroatoms. The molecule has 7 rings (SSSR count). The van der Waals surface area contributed by atoms with E-state index in [0.717, 1.165) is 37.0 Å². The maximum absolute atomic E-state index is 13.8. The van der Waals surface area contributed by atoms with Gasteiger partial charge in [-0.25, -0.2) is 9.97 Å². The zero-order chi connectivity index (χ0) is 37.4.